The van der Waals surface area contributed by atoms with Crippen molar-refractivity contribution in [2.75, 3.05) is 6.61 Å². The SMILES string of the molecule is CC(C)(C)OC(=O)N1C(=O)C=CC1CO[Si](c1ccccc1)(c1ccccc1)C(C)(C)C. The number of amides is 2. The Hall–Kier alpha value is -2.70. The van der Waals surface area contributed by atoms with Gasteiger partial charge in [0, 0.05) is 6.08 Å². The minimum Gasteiger partial charge on any atom is -0.443 e. The molecule has 0 spiro atoms. The highest BCUT2D eigenvalue weighted by molar-refractivity contribution is 6.99. The molecule has 1 aliphatic heterocycles. The summed E-state index contributed by atoms with van der Waals surface area (Å²) in [6.45, 7) is 12.1. The Kier molecular flexibility index (Phi) is 6.77. The number of carbonyl (C=O) groups excluding carboxylic acids is 2. The summed E-state index contributed by atoms with van der Waals surface area (Å²) in [5, 5.41) is 2.10. The summed E-state index contributed by atoms with van der Waals surface area (Å²) in [4.78, 5) is 26.4. The summed E-state index contributed by atoms with van der Waals surface area (Å²) >= 11 is 0. The van der Waals surface area contributed by atoms with Crippen LogP contribution in [-0.4, -0.2) is 43.5 Å². The fourth-order valence-corrected chi connectivity index (χ4v) is 8.74. The van der Waals surface area contributed by atoms with Gasteiger partial charge in [-0.05, 0) is 36.2 Å². The first-order chi connectivity index (χ1) is 15.0. The molecule has 1 heterocycles. The monoisotopic (exact) mass is 451 g/mol. The van der Waals surface area contributed by atoms with Crippen molar-refractivity contribution in [2.45, 2.75) is 58.2 Å². The van der Waals surface area contributed by atoms with Gasteiger partial charge in [-0.3, -0.25) is 4.79 Å². The average molecular weight is 452 g/mol. The Balaban J connectivity index is 1.98. The van der Waals surface area contributed by atoms with Crippen molar-refractivity contribution in [1.82, 2.24) is 4.90 Å². The minimum atomic E-state index is -2.77. The highest BCUT2D eigenvalue weighted by Gasteiger charge is 2.51. The van der Waals surface area contributed by atoms with E-state index in [-0.39, 0.29) is 17.6 Å². The van der Waals surface area contributed by atoms with Crippen LogP contribution in [0.25, 0.3) is 0 Å². The van der Waals surface area contributed by atoms with E-state index in [0.29, 0.717) is 0 Å². The van der Waals surface area contributed by atoms with Gasteiger partial charge in [-0.25, -0.2) is 9.69 Å². The van der Waals surface area contributed by atoms with Gasteiger partial charge in [0.1, 0.15) is 5.60 Å². The lowest BCUT2D eigenvalue weighted by Crippen LogP contribution is -2.67. The molecule has 2 aromatic rings. The lowest BCUT2D eigenvalue weighted by Gasteiger charge is -2.43. The first-order valence-corrected chi connectivity index (χ1v) is 12.9. The van der Waals surface area contributed by atoms with E-state index in [1.54, 1.807) is 26.8 Å². The topological polar surface area (TPSA) is 55.8 Å². The van der Waals surface area contributed by atoms with E-state index in [9.17, 15) is 9.59 Å². The summed E-state index contributed by atoms with van der Waals surface area (Å²) in [5.41, 5.74) is -0.691. The molecule has 0 aromatic heterocycles. The molecule has 5 nitrogen and oxygen atoms in total. The number of hydrogen-bond acceptors (Lipinski definition) is 4. The molecule has 0 bridgehead atoms. The average Bonchev–Trinajstić information content (AvgIpc) is 3.08. The Morgan fingerprint density at radius 1 is 0.906 bits per heavy atom. The van der Waals surface area contributed by atoms with Crippen LogP contribution >= 0.6 is 0 Å². The largest absolute Gasteiger partial charge is 0.443 e. The molecule has 1 unspecified atom stereocenters. The molecule has 0 N–H and O–H groups in total. The van der Waals surface area contributed by atoms with Crippen molar-refractivity contribution >= 4 is 30.7 Å². The van der Waals surface area contributed by atoms with Crippen molar-refractivity contribution < 1.29 is 18.8 Å². The fraction of sp³-hybridized carbons (Fsp3) is 0.385. The number of benzene rings is 2. The van der Waals surface area contributed by atoms with Crippen LogP contribution in [0.5, 0.6) is 0 Å². The zero-order valence-electron chi connectivity index (χ0n) is 19.8. The Bertz CT molecular complexity index is 935. The van der Waals surface area contributed by atoms with Crippen LogP contribution in [-0.2, 0) is 14.0 Å². The molecule has 3 rings (SSSR count). The Morgan fingerprint density at radius 3 is 1.84 bits per heavy atom. The fourth-order valence-electron chi connectivity index (χ4n) is 4.16. The number of hydrogen-bond donors (Lipinski definition) is 0. The molecule has 0 aliphatic carbocycles. The highest BCUT2D eigenvalue weighted by atomic mass is 28.4. The molecule has 2 amide bonds. The van der Waals surface area contributed by atoms with E-state index in [1.165, 1.54) is 6.08 Å². The van der Waals surface area contributed by atoms with E-state index in [0.717, 1.165) is 15.3 Å². The normalized spacial score (nSPS) is 17.0. The minimum absolute atomic E-state index is 0.196. The van der Waals surface area contributed by atoms with Gasteiger partial charge in [-0.1, -0.05) is 87.5 Å². The molecule has 170 valence electrons. The first-order valence-electron chi connectivity index (χ1n) is 10.9. The molecule has 0 radical (unpaired) electrons. The second kappa shape index (κ2) is 9.04. The van der Waals surface area contributed by atoms with Gasteiger partial charge in [0.25, 0.3) is 14.2 Å². The van der Waals surface area contributed by atoms with Gasteiger partial charge in [0.2, 0.25) is 0 Å². The second-order valence-corrected chi connectivity index (χ2v) is 14.4. The van der Waals surface area contributed by atoms with Crippen LogP contribution in [0.4, 0.5) is 4.79 Å². The number of imide groups is 1. The van der Waals surface area contributed by atoms with Crippen molar-refractivity contribution in [3.8, 4) is 0 Å². The van der Waals surface area contributed by atoms with Gasteiger partial charge < -0.3 is 9.16 Å². The van der Waals surface area contributed by atoms with E-state index < -0.39 is 26.1 Å². The zero-order valence-corrected chi connectivity index (χ0v) is 20.8. The lowest BCUT2D eigenvalue weighted by molar-refractivity contribution is -0.125. The van der Waals surface area contributed by atoms with Crippen molar-refractivity contribution in [1.29, 1.82) is 0 Å². The van der Waals surface area contributed by atoms with Gasteiger partial charge in [-0.15, -0.1) is 0 Å². The van der Waals surface area contributed by atoms with Crippen molar-refractivity contribution in [3.63, 3.8) is 0 Å². The lowest BCUT2D eigenvalue weighted by atomic mass is 10.2. The summed E-state index contributed by atoms with van der Waals surface area (Å²) in [6.07, 6.45) is 2.50. The standard InChI is InChI=1S/C26H33NO4Si/c1-25(2,3)31-24(29)27-20(17-18-23(27)28)19-30-32(26(4,5)6,21-13-9-7-10-14-21)22-15-11-8-12-16-22/h7-18,20H,19H2,1-6H3. The summed E-state index contributed by atoms with van der Waals surface area (Å²) in [7, 11) is -2.77. The van der Waals surface area contributed by atoms with E-state index in [2.05, 4.69) is 45.0 Å². The summed E-state index contributed by atoms with van der Waals surface area (Å²) < 4.78 is 12.4. The third-order valence-corrected chi connectivity index (χ3v) is 10.5. The molecule has 6 heteroatoms. The van der Waals surface area contributed by atoms with Crippen LogP contribution < -0.4 is 10.4 Å². The quantitative estimate of drug-likeness (QED) is 0.637. The maximum Gasteiger partial charge on any atom is 0.417 e. The highest BCUT2D eigenvalue weighted by Crippen LogP contribution is 2.37. The molecule has 1 aliphatic rings. The van der Waals surface area contributed by atoms with E-state index >= 15 is 0 Å². The molecule has 0 saturated carbocycles. The van der Waals surface area contributed by atoms with Crippen LogP contribution in [0.1, 0.15) is 41.5 Å². The van der Waals surface area contributed by atoms with Gasteiger partial charge in [0.05, 0.1) is 12.6 Å². The molecule has 0 fully saturated rings. The second-order valence-electron chi connectivity index (χ2n) is 10.1. The number of ether oxygens (including phenoxy) is 1. The Morgan fingerprint density at radius 2 is 1.41 bits per heavy atom. The maximum atomic E-state index is 12.7. The Labute approximate surface area is 192 Å². The van der Waals surface area contributed by atoms with E-state index in [1.807, 2.05) is 36.4 Å². The number of carbonyl (C=O) groups is 2. The van der Waals surface area contributed by atoms with Gasteiger partial charge in [0.15, 0.2) is 0 Å². The first kappa shape index (κ1) is 23.9. The predicted octanol–water partition coefficient (Wildman–Crippen LogP) is 4.27. The molecule has 1 atom stereocenters. The van der Waals surface area contributed by atoms with Gasteiger partial charge in [-0.2, -0.15) is 0 Å². The molecular weight excluding hydrogens is 418 g/mol. The summed E-state index contributed by atoms with van der Waals surface area (Å²) in [5.74, 6) is -0.379. The van der Waals surface area contributed by atoms with Crippen molar-refractivity contribution in [2.24, 2.45) is 0 Å². The molecular formula is C26H33NO4Si. The predicted molar refractivity (Wildman–Crippen MR) is 130 cm³/mol. The van der Waals surface area contributed by atoms with Crippen LogP contribution in [0.2, 0.25) is 5.04 Å². The number of nitrogens with zero attached hydrogens (tertiary/aromatic N) is 1. The van der Waals surface area contributed by atoms with Gasteiger partial charge >= 0.3 is 6.09 Å². The number of rotatable bonds is 5. The zero-order chi connectivity index (χ0) is 23.6. The van der Waals surface area contributed by atoms with E-state index in [4.69, 9.17) is 9.16 Å². The van der Waals surface area contributed by atoms with Crippen molar-refractivity contribution in [3.05, 3.63) is 72.8 Å². The third kappa shape index (κ3) is 4.86. The molecule has 2 aromatic carbocycles. The third-order valence-electron chi connectivity index (χ3n) is 5.51. The van der Waals surface area contributed by atoms with Crippen LogP contribution in [0.15, 0.2) is 72.8 Å². The maximum absolute atomic E-state index is 12.7. The summed E-state index contributed by atoms with van der Waals surface area (Å²) in [6, 6.07) is 20.1. The molecule has 32 heavy (non-hydrogen) atoms. The smallest absolute Gasteiger partial charge is 0.417 e. The molecule has 0 saturated heterocycles. The van der Waals surface area contributed by atoms with Crippen LogP contribution in [0, 0.1) is 0 Å². The van der Waals surface area contributed by atoms with Crippen LogP contribution in [0.3, 0.4) is 0 Å².